The van der Waals surface area contributed by atoms with E-state index in [1.165, 1.54) is 18.9 Å². The molecule has 3 aromatic rings. The van der Waals surface area contributed by atoms with E-state index in [2.05, 4.69) is 20.3 Å². The Bertz CT molecular complexity index is 1050. The first-order valence-electron chi connectivity index (χ1n) is 8.35. The molecule has 1 heterocycles. The minimum atomic E-state index is -0.433. The van der Waals surface area contributed by atoms with Gasteiger partial charge >= 0.3 is 5.97 Å². The Balaban J connectivity index is 1.62. The van der Waals surface area contributed by atoms with Gasteiger partial charge in [0.2, 0.25) is 5.91 Å². The smallest absolute Gasteiger partial charge is 0.337 e. The van der Waals surface area contributed by atoms with Crippen LogP contribution < -0.4 is 5.32 Å². The predicted octanol–water partition coefficient (Wildman–Crippen LogP) is 4.31. The first-order chi connectivity index (χ1) is 13.9. The molecule has 0 radical (unpaired) electrons. The van der Waals surface area contributed by atoms with Gasteiger partial charge in [0.15, 0.2) is 11.0 Å². The van der Waals surface area contributed by atoms with Gasteiger partial charge in [-0.3, -0.25) is 4.79 Å². The lowest BCUT2D eigenvalue weighted by atomic mass is 10.2. The van der Waals surface area contributed by atoms with Gasteiger partial charge in [-0.25, -0.2) is 4.79 Å². The summed E-state index contributed by atoms with van der Waals surface area (Å²) in [4.78, 5) is 23.7. The molecule has 0 bridgehead atoms. The lowest BCUT2D eigenvalue weighted by molar-refractivity contribution is -0.113. The molecule has 1 amide bonds. The highest BCUT2D eigenvalue weighted by atomic mass is 35.5. The van der Waals surface area contributed by atoms with Crippen molar-refractivity contribution in [2.75, 3.05) is 18.2 Å². The van der Waals surface area contributed by atoms with Crippen molar-refractivity contribution in [1.29, 1.82) is 0 Å². The third kappa shape index (κ3) is 5.09. The minimum absolute atomic E-state index is 0.138. The van der Waals surface area contributed by atoms with Crippen molar-refractivity contribution < 1.29 is 14.3 Å². The van der Waals surface area contributed by atoms with Crippen molar-refractivity contribution in [3.63, 3.8) is 0 Å². The first kappa shape index (κ1) is 21.2. The second kappa shape index (κ2) is 9.30. The number of benzene rings is 2. The highest BCUT2D eigenvalue weighted by Gasteiger charge is 2.15. The number of carbonyl (C=O) groups excluding carboxylic acids is 2. The Kier molecular flexibility index (Phi) is 6.79. The van der Waals surface area contributed by atoms with Gasteiger partial charge in [0.25, 0.3) is 0 Å². The zero-order valence-corrected chi connectivity index (χ0v) is 17.8. The molecule has 0 aliphatic heterocycles. The maximum absolute atomic E-state index is 12.2. The zero-order valence-electron chi connectivity index (χ0n) is 15.5. The van der Waals surface area contributed by atoms with Crippen LogP contribution in [0.5, 0.6) is 0 Å². The molecule has 0 aliphatic carbocycles. The van der Waals surface area contributed by atoms with Crippen molar-refractivity contribution in [1.82, 2.24) is 14.8 Å². The Labute approximate surface area is 181 Å². The summed E-state index contributed by atoms with van der Waals surface area (Å²) in [6.07, 6.45) is 0. The van der Waals surface area contributed by atoms with E-state index in [-0.39, 0.29) is 11.7 Å². The summed E-state index contributed by atoms with van der Waals surface area (Å²) in [5.74, 6) is 0.0687. The third-order valence-corrected chi connectivity index (χ3v) is 5.50. The summed E-state index contributed by atoms with van der Waals surface area (Å²) in [6.45, 7) is 0. The van der Waals surface area contributed by atoms with Crippen LogP contribution in [0.25, 0.3) is 11.4 Å². The minimum Gasteiger partial charge on any atom is -0.465 e. The van der Waals surface area contributed by atoms with Gasteiger partial charge in [0.05, 0.1) is 23.4 Å². The molecule has 3 rings (SSSR count). The fourth-order valence-electron chi connectivity index (χ4n) is 2.48. The van der Waals surface area contributed by atoms with Crippen molar-refractivity contribution in [2.24, 2.45) is 7.05 Å². The SMILES string of the molecule is COC(=O)c1ccc(NC(=O)CSc2nnc(-c3ccc(Cl)cc3Cl)n2C)cc1. The predicted molar refractivity (Wildman–Crippen MR) is 114 cm³/mol. The molecule has 1 aromatic heterocycles. The zero-order chi connectivity index (χ0) is 21.0. The fraction of sp³-hybridized carbons (Fsp3) is 0.158. The number of methoxy groups -OCH3 is 1. The summed E-state index contributed by atoms with van der Waals surface area (Å²) in [7, 11) is 3.11. The number of ether oxygens (including phenoxy) is 1. The molecule has 0 saturated heterocycles. The summed E-state index contributed by atoms with van der Waals surface area (Å²) in [5.41, 5.74) is 1.69. The molecule has 7 nitrogen and oxygen atoms in total. The fourth-order valence-corrected chi connectivity index (χ4v) is 3.68. The number of esters is 1. The third-order valence-electron chi connectivity index (χ3n) is 3.93. The number of nitrogens with one attached hydrogen (secondary N) is 1. The number of anilines is 1. The van der Waals surface area contributed by atoms with Crippen LogP contribution in [-0.4, -0.2) is 39.5 Å². The molecule has 0 saturated carbocycles. The average Bonchev–Trinajstić information content (AvgIpc) is 3.06. The van der Waals surface area contributed by atoms with Crippen LogP contribution in [0.3, 0.4) is 0 Å². The Hall–Kier alpha value is -2.55. The standard InChI is InChI=1S/C19H16Cl2N4O3S/c1-25-17(14-8-5-12(20)9-15(14)21)23-24-19(25)29-10-16(26)22-13-6-3-11(4-7-13)18(27)28-2/h3-9H,10H2,1-2H3,(H,22,26). The van der Waals surface area contributed by atoms with Crippen molar-refractivity contribution in [2.45, 2.75) is 5.16 Å². The maximum Gasteiger partial charge on any atom is 0.337 e. The first-order valence-corrected chi connectivity index (χ1v) is 10.1. The Morgan fingerprint density at radius 2 is 1.86 bits per heavy atom. The monoisotopic (exact) mass is 450 g/mol. The van der Waals surface area contributed by atoms with E-state index in [1.807, 2.05) is 0 Å². The molecular formula is C19H16Cl2N4O3S. The molecule has 0 spiro atoms. The van der Waals surface area contributed by atoms with Gasteiger partial charge in [-0.1, -0.05) is 35.0 Å². The van der Waals surface area contributed by atoms with Crippen LogP contribution in [0.15, 0.2) is 47.6 Å². The van der Waals surface area contributed by atoms with Gasteiger partial charge in [0.1, 0.15) is 0 Å². The van der Waals surface area contributed by atoms with E-state index < -0.39 is 5.97 Å². The molecule has 0 unspecified atom stereocenters. The molecule has 1 N–H and O–H groups in total. The summed E-state index contributed by atoms with van der Waals surface area (Å²) in [5, 5.41) is 12.6. The summed E-state index contributed by atoms with van der Waals surface area (Å²) < 4.78 is 6.41. The second-order valence-corrected chi connectivity index (χ2v) is 7.68. The van der Waals surface area contributed by atoms with Crippen LogP contribution in [0.2, 0.25) is 10.0 Å². The molecule has 29 heavy (non-hydrogen) atoms. The second-order valence-electron chi connectivity index (χ2n) is 5.90. The highest BCUT2D eigenvalue weighted by molar-refractivity contribution is 7.99. The summed E-state index contributed by atoms with van der Waals surface area (Å²) >= 11 is 13.4. The van der Waals surface area contributed by atoms with Gasteiger partial charge in [-0.05, 0) is 42.5 Å². The lowest BCUT2D eigenvalue weighted by Crippen LogP contribution is -2.14. The molecule has 0 fully saturated rings. The molecule has 2 aromatic carbocycles. The number of hydrogen-bond acceptors (Lipinski definition) is 6. The number of halogens is 2. The molecule has 0 atom stereocenters. The Morgan fingerprint density at radius 3 is 2.52 bits per heavy atom. The Morgan fingerprint density at radius 1 is 1.14 bits per heavy atom. The number of nitrogens with zero attached hydrogens (tertiary/aromatic N) is 3. The van der Waals surface area contributed by atoms with E-state index in [9.17, 15) is 9.59 Å². The van der Waals surface area contributed by atoms with Gasteiger partial charge < -0.3 is 14.6 Å². The molecule has 150 valence electrons. The topological polar surface area (TPSA) is 86.1 Å². The quantitative estimate of drug-likeness (QED) is 0.444. The highest BCUT2D eigenvalue weighted by Crippen LogP contribution is 2.30. The van der Waals surface area contributed by atoms with E-state index in [4.69, 9.17) is 23.2 Å². The number of thioether (sulfide) groups is 1. The summed E-state index contributed by atoms with van der Waals surface area (Å²) in [6, 6.07) is 11.6. The van der Waals surface area contributed by atoms with Crippen LogP contribution >= 0.6 is 35.0 Å². The molecule has 0 aliphatic rings. The largest absolute Gasteiger partial charge is 0.465 e. The van der Waals surface area contributed by atoms with E-state index >= 15 is 0 Å². The van der Waals surface area contributed by atoms with Crippen LogP contribution in [0.1, 0.15) is 10.4 Å². The van der Waals surface area contributed by atoms with E-state index in [0.717, 1.165) is 0 Å². The maximum atomic E-state index is 12.2. The van der Waals surface area contributed by atoms with Crippen LogP contribution in [0.4, 0.5) is 5.69 Å². The molecular weight excluding hydrogens is 435 g/mol. The van der Waals surface area contributed by atoms with Gasteiger partial charge in [-0.2, -0.15) is 0 Å². The number of carbonyl (C=O) groups is 2. The van der Waals surface area contributed by atoms with Crippen LogP contribution in [-0.2, 0) is 16.6 Å². The molecule has 10 heteroatoms. The number of aromatic nitrogens is 3. The van der Waals surface area contributed by atoms with Crippen LogP contribution in [0, 0.1) is 0 Å². The number of hydrogen-bond donors (Lipinski definition) is 1. The average molecular weight is 451 g/mol. The van der Waals surface area contributed by atoms with E-state index in [1.54, 1.807) is 54.1 Å². The normalized spacial score (nSPS) is 10.6. The van der Waals surface area contributed by atoms with E-state index in [0.29, 0.717) is 37.8 Å². The van der Waals surface area contributed by atoms with Gasteiger partial charge in [0, 0.05) is 23.3 Å². The van der Waals surface area contributed by atoms with Crippen molar-refractivity contribution in [3.8, 4) is 11.4 Å². The van der Waals surface area contributed by atoms with Crippen molar-refractivity contribution in [3.05, 3.63) is 58.1 Å². The van der Waals surface area contributed by atoms with Crippen molar-refractivity contribution >= 4 is 52.5 Å². The lowest BCUT2D eigenvalue weighted by Gasteiger charge is -2.07. The number of rotatable bonds is 6. The number of amides is 1. The van der Waals surface area contributed by atoms with Gasteiger partial charge in [-0.15, -0.1) is 10.2 Å².